The first-order valence-electron chi connectivity index (χ1n) is 6.09. The number of alkyl halides is 3. The van der Waals surface area contributed by atoms with Crippen molar-refractivity contribution in [3.8, 4) is 17.2 Å². The molecule has 23 heavy (non-hydrogen) atoms. The highest BCUT2D eigenvalue weighted by Crippen LogP contribution is 2.36. The summed E-state index contributed by atoms with van der Waals surface area (Å²) in [5.41, 5.74) is -1.82. The summed E-state index contributed by atoms with van der Waals surface area (Å²) < 4.78 is 60.8. The fourth-order valence-electron chi connectivity index (χ4n) is 1.80. The molecule has 2 rings (SSSR count). The Kier molecular flexibility index (Phi) is 4.39. The number of hydrogen-bond acceptors (Lipinski definition) is 4. The predicted molar refractivity (Wildman–Crippen MR) is 71.1 cm³/mol. The Hall–Kier alpha value is -2.84. The first-order chi connectivity index (χ1) is 10.7. The molecule has 0 unspecified atom stereocenters. The molecule has 0 saturated carbocycles. The Balaban J connectivity index is 2.31. The van der Waals surface area contributed by atoms with Gasteiger partial charge in [0.2, 0.25) is 0 Å². The largest absolute Gasteiger partial charge is 0.490 e. The Morgan fingerprint density at radius 2 is 1.70 bits per heavy atom. The number of ether oxygens (including phenoxy) is 2. The molecule has 0 aliphatic heterocycles. The summed E-state index contributed by atoms with van der Waals surface area (Å²) in [7, 11) is 1.24. The highest BCUT2D eigenvalue weighted by atomic mass is 19.4. The van der Waals surface area contributed by atoms with Crippen LogP contribution in [0.3, 0.4) is 0 Å². The second-order valence-corrected chi connectivity index (χ2v) is 4.33. The minimum Gasteiger partial charge on any atom is -0.490 e. The van der Waals surface area contributed by atoms with Gasteiger partial charge in [-0.25, -0.2) is 4.39 Å². The van der Waals surface area contributed by atoms with Gasteiger partial charge in [0, 0.05) is 6.07 Å². The molecule has 0 fully saturated rings. The van der Waals surface area contributed by atoms with Crippen molar-refractivity contribution in [1.29, 1.82) is 0 Å². The number of hydrogen-bond donors (Lipinski definition) is 0. The number of nitro benzene ring substituents is 1. The molecule has 9 heteroatoms. The fraction of sp³-hybridized carbons (Fsp3) is 0.143. The lowest BCUT2D eigenvalue weighted by Crippen LogP contribution is -2.07. The van der Waals surface area contributed by atoms with Crippen molar-refractivity contribution in [1.82, 2.24) is 0 Å². The van der Waals surface area contributed by atoms with Crippen molar-refractivity contribution in [2.45, 2.75) is 6.18 Å². The van der Waals surface area contributed by atoms with Crippen LogP contribution >= 0.6 is 0 Å². The van der Waals surface area contributed by atoms with Gasteiger partial charge in [0.05, 0.1) is 23.7 Å². The maximum atomic E-state index is 13.4. The van der Waals surface area contributed by atoms with Crippen LogP contribution in [0.15, 0.2) is 36.4 Å². The van der Waals surface area contributed by atoms with E-state index in [1.165, 1.54) is 19.2 Å². The van der Waals surface area contributed by atoms with E-state index in [0.717, 1.165) is 12.1 Å². The van der Waals surface area contributed by atoms with E-state index in [1.807, 2.05) is 0 Å². The molecule has 0 aromatic heterocycles. The lowest BCUT2D eigenvalue weighted by Gasteiger charge is -2.11. The lowest BCUT2D eigenvalue weighted by atomic mass is 10.2. The van der Waals surface area contributed by atoms with Crippen molar-refractivity contribution in [3.63, 3.8) is 0 Å². The third-order valence-electron chi connectivity index (χ3n) is 2.83. The van der Waals surface area contributed by atoms with Crippen LogP contribution in [0.2, 0.25) is 0 Å². The zero-order valence-electron chi connectivity index (χ0n) is 11.6. The van der Waals surface area contributed by atoms with E-state index in [4.69, 9.17) is 9.47 Å². The molecule has 0 spiro atoms. The van der Waals surface area contributed by atoms with Crippen LogP contribution in [0, 0.1) is 15.9 Å². The topological polar surface area (TPSA) is 61.6 Å². The molecule has 0 atom stereocenters. The summed E-state index contributed by atoms with van der Waals surface area (Å²) in [5.74, 6) is -1.79. The van der Waals surface area contributed by atoms with E-state index in [9.17, 15) is 27.7 Å². The van der Waals surface area contributed by atoms with Crippen molar-refractivity contribution < 1.29 is 32.0 Å². The molecule has 0 saturated heterocycles. The van der Waals surface area contributed by atoms with E-state index in [0.29, 0.717) is 12.1 Å². The highest BCUT2D eigenvalue weighted by molar-refractivity contribution is 5.51. The van der Waals surface area contributed by atoms with Gasteiger partial charge < -0.3 is 9.47 Å². The van der Waals surface area contributed by atoms with Gasteiger partial charge in [-0.3, -0.25) is 10.1 Å². The summed E-state index contributed by atoms with van der Waals surface area (Å²) >= 11 is 0. The Labute approximate surface area is 127 Å². The number of nitro groups is 1. The van der Waals surface area contributed by atoms with Crippen LogP contribution in [-0.4, -0.2) is 12.0 Å². The van der Waals surface area contributed by atoms with E-state index >= 15 is 0 Å². The molecule has 122 valence electrons. The normalized spacial score (nSPS) is 11.2. The average Bonchev–Trinajstić information content (AvgIpc) is 2.45. The monoisotopic (exact) mass is 331 g/mol. The van der Waals surface area contributed by atoms with Gasteiger partial charge in [0.15, 0.2) is 5.75 Å². The van der Waals surface area contributed by atoms with Gasteiger partial charge in [-0.1, -0.05) is 0 Å². The standard InChI is InChI=1S/C14H9F4NO4/c1-22-13-5-3-9(7-12(13)19(20)21)23-8-2-4-10(11(15)6-8)14(16,17)18/h2-7H,1H3. The molecule has 0 aliphatic rings. The Bertz CT molecular complexity index is 746. The summed E-state index contributed by atoms with van der Waals surface area (Å²) in [5, 5.41) is 10.9. The van der Waals surface area contributed by atoms with E-state index in [1.54, 1.807) is 0 Å². The molecular formula is C14H9F4NO4. The van der Waals surface area contributed by atoms with Crippen molar-refractivity contribution in [2.75, 3.05) is 7.11 Å². The SMILES string of the molecule is COc1ccc(Oc2ccc(C(F)(F)F)c(F)c2)cc1[N+](=O)[O-]. The third-order valence-corrected chi connectivity index (χ3v) is 2.83. The smallest absolute Gasteiger partial charge is 0.419 e. The molecular weight excluding hydrogens is 322 g/mol. The van der Waals surface area contributed by atoms with Gasteiger partial charge in [-0.05, 0) is 24.3 Å². The number of halogens is 4. The number of benzene rings is 2. The van der Waals surface area contributed by atoms with Crippen molar-refractivity contribution >= 4 is 5.69 Å². The third kappa shape index (κ3) is 3.68. The van der Waals surface area contributed by atoms with Crippen LogP contribution < -0.4 is 9.47 Å². The molecule has 0 N–H and O–H groups in total. The second kappa shape index (κ2) is 6.11. The van der Waals surface area contributed by atoms with Crippen LogP contribution in [0.5, 0.6) is 17.2 Å². The average molecular weight is 331 g/mol. The summed E-state index contributed by atoms with van der Waals surface area (Å²) in [6.45, 7) is 0. The first kappa shape index (κ1) is 16.5. The quantitative estimate of drug-likeness (QED) is 0.468. The van der Waals surface area contributed by atoms with Gasteiger partial charge in [0.1, 0.15) is 17.3 Å². The highest BCUT2D eigenvalue weighted by Gasteiger charge is 2.34. The summed E-state index contributed by atoms with van der Waals surface area (Å²) in [6, 6.07) is 5.59. The second-order valence-electron chi connectivity index (χ2n) is 4.33. The number of methoxy groups -OCH3 is 1. The molecule has 2 aromatic carbocycles. The zero-order chi connectivity index (χ0) is 17.2. The fourth-order valence-corrected chi connectivity index (χ4v) is 1.80. The summed E-state index contributed by atoms with van der Waals surface area (Å²) in [4.78, 5) is 10.2. The molecule has 0 amide bonds. The van der Waals surface area contributed by atoms with Gasteiger partial charge >= 0.3 is 11.9 Å². The number of nitrogens with zero attached hydrogens (tertiary/aromatic N) is 1. The zero-order valence-corrected chi connectivity index (χ0v) is 11.6. The maximum Gasteiger partial charge on any atom is 0.419 e. The summed E-state index contributed by atoms with van der Waals surface area (Å²) in [6.07, 6.45) is -4.82. The van der Waals surface area contributed by atoms with E-state index in [-0.39, 0.29) is 17.2 Å². The minimum absolute atomic E-state index is 0.0130. The minimum atomic E-state index is -4.82. The molecule has 2 aromatic rings. The van der Waals surface area contributed by atoms with Gasteiger partial charge in [-0.15, -0.1) is 0 Å². The van der Waals surface area contributed by atoms with E-state index in [2.05, 4.69) is 0 Å². The molecule has 0 heterocycles. The Morgan fingerprint density at radius 3 is 2.22 bits per heavy atom. The predicted octanol–water partition coefficient (Wildman–Crippen LogP) is 4.55. The van der Waals surface area contributed by atoms with Crippen LogP contribution in [0.4, 0.5) is 23.2 Å². The van der Waals surface area contributed by atoms with Crippen molar-refractivity contribution in [2.24, 2.45) is 0 Å². The van der Waals surface area contributed by atoms with Crippen LogP contribution in [0.25, 0.3) is 0 Å². The van der Waals surface area contributed by atoms with Crippen LogP contribution in [0.1, 0.15) is 5.56 Å². The van der Waals surface area contributed by atoms with Crippen LogP contribution in [-0.2, 0) is 6.18 Å². The van der Waals surface area contributed by atoms with Gasteiger partial charge in [-0.2, -0.15) is 13.2 Å². The molecule has 0 aliphatic carbocycles. The number of rotatable bonds is 4. The molecule has 0 bridgehead atoms. The molecule has 5 nitrogen and oxygen atoms in total. The lowest BCUT2D eigenvalue weighted by molar-refractivity contribution is -0.385. The van der Waals surface area contributed by atoms with Crippen molar-refractivity contribution in [3.05, 3.63) is 57.9 Å². The van der Waals surface area contributed by atoms with Gasteiger partial charge in [0.25, 0.3) is 0 Å². The first-order valence-corrected chi connectivity index (χ1v) is 6.09. The Morgan fingerprint density at radius 1 is 1.09 bits per heavy atom. The molecule has 0 radical (unpaired) electrons. The maximum absolute atomic E-state index is 13.4. The van der Waals surface area contributed by atoms with E-state index < -0.39 is 28.2 Å².